The average Bonchev–Trinajstić information content (AvgIpc) is 2.65. The number of H-pyrrole nitrogens is 1. The van der Waals surface area contributed by atoms with E-state index in [9.17, 15) is 14.0 Å². The molecule has 5 nitrogen and oxygen atoms in total. The van der Waals surface area contributed by atoms with E-state index >= 15 is 0 Å². The van der Waals surface area contributed by atoms with Crippen LogP contribution in [0, 0.1) is 11.7 Å². The molecular weight excluding hydrogens is 345 g/mol. The molecule has 1 atom stereocenters. The Bertz CT molecular complexity index is 856. The van der Waals surface area contributed by atoms with E-state index in [4.69, 9.17) is 0 Å². The molecule has 1 amide bonds. The number of piperidine rings is 1. The van der Waals surface area contributed by atoms with E-state index < -0.39 is 0 Å². The molecule has 0 bridgehead atoms. The molecule has 3 rings (SSSR count). The van der Waals surface area contributed by atoms with Gasteiger partial charge in [0.2, 0.25) is 5.91 Å². The molecule has 146 valence electrons. The van der Waals surface area contributed by atoms with Gasteiger partial charge in [-0.1, -0.05) is 6.92 Å². The fourth-order valence-electron chi connectivity index (χ4n) is 3.60. The van der Waals surface area contributed by atoms with Gasteiger partial charge in [0.1, 0.15) is 5.82 Å². The van der Waals surface area contributed by atoms with Crippen LogP contribution in [-0.4, -0.2) is 41.5 Å². The van der Waals surface area contributed by atoms with Crippen molar-refractivity contribution in [3.63, 3.8) is 0 Å². The van der Waals surface area contributed by atoms with Crippen molar-refractivity contribution in [1.82, 2.24) is 15.2 Å². The van der Waals surface area contributed by atoms with Crippen LogP contribution in [0.3, 0.4) is 0 Å². The van der Waals surface area contributed by atoms with E-state index in [1.165, 1.54) is 25.0 Å². The fourth-order valence-corrected chi connectivity index (χ4v) is 3.60. The van der Waals surface area contributed by atoms with Gasteiger partial charge in [-0.25, -0.2) is 4.39 Å². The molecule has 1 saturated heterocycles. The number of halogens is 1. The molecule has 2 N–H and O–H groups in total. The Morgan fingerprint density at radius 2 is 2.07 bits per heavy atom. The van der Waals surface area contributed by atoms with Crippen molar-refractivity contribution in [2.24, 2.45) is 5.92 Å². The molecule has 6 heteroatoms. The lowest BCUT2D eigenvalue weighted by Gasteiger charge is -2.35. The van der Waals surface area contributed by atoms with E-state index in [0.717, 1.165) is 24.4 Å². The highest BCUT2D eigenvalue weighted by Gasteiger charge is 2.20. The number of aromatic amines is 1. The zero-order valence-corrected chi connectivity index (χ0v) is 16.1. The standard InChI is InChI=1S/C21H28FN3O2/c1-14-7-9-25(10-8-14)15(2)13-23-20(26)6-4-17-11-16-3-5-18(22)12-19(16)24-21(17)27/h3,5,11-12,14-15H,4,6-10,13H2,1-2H3,(H,23,26)(H,24,27). The second-order valence-electron chi connectivity index (χ2n) is 7.73. The molecule has 0 aliphatic carbocycles. The zero-order chi connectivity index (χ0) is 19.4. The number of hydrogen-bond acceptors (Lipinski definition) is 3. The number of pyridine rings is 1. The highest BCUT2D eigenvalue weighted by molar-refractivity contribution is 5.79. The number of carbonyl (C=O) groups excluding carboxylic acids is 1. The normalized spacial score (nSPS) is 17.1. The molecule has 2 aromatic rings. The number of nitrogens with zero attached hydrogens (tertiary/aromatic N) is 1. The molecule has 27 heavy (non-hydrogen) atoms. The molecule has 2 heterocycles. The lowest BCUT2D eigenvalue weighted by molar-refractivity contribution is -0.121. The number of rotatable bonds is 6. The van der Waals surface area contributed by atoms with Crippen LogP contribution in [0.4, 0.5) is 4.39 Å². The minimum absolute atomic E-state index is 0.0502. The summed E-state index contributed by atoms with van der Waals surface area (Å²) in [6.07, 6.45) is 3.06. The van der Waals surface area contributed by atoms with Crippen molar-refractivity contribution in [2.75, 3.05) is 19.6 Å². The summed E-state index contributed by atoms with van der Waals surface area (Å²) in [5.74, 6) is 0.355. The van der Waals surface area contributed by atoms with Gasteiger partial charge in [-0.2, -0.15) is 0 Å². The summed E-state index contributed by atoms with van der Waals surface area (Å²) in [7, 11) is 0. The predicted molar refractivity (Wildman–Crippen MR) is 105 cm³/mol. The molecule has 0 saturated carbocycles. The summed E-state index contributed by atoms with van der Waals surface area (Å²) < 4.78 is 13.2. The van der Waals surface area contributed by atoms with Gasteiger partial charge in [0, 0.05) is 24.6 Å². The van der Waals surface area contributed by atoms with Crippen LogP contribution in [0.1, 0.15) is 38.7 Å². The van der Waals surface area contributed by atoms with E-state index in [1.807, 2.05) is 0 Å². The monoisotopic (exact) mass is 373 g/mol. The third-order valence-corrected chi connectivity index (χ3v) is 5.54. The first-order valence-corrected chi connectivity index (χ1v) is 9.74. The third kappa shape index (κ3) is 5.16. The Labute approximate surface area is 159 Å². The second kappa shape index (κ2) is 8.65. The first-order valence-electron chi connectivity index (χ1n) is 9.74. The Balaban J connectivity index is 1.50. The molecule has 1 aromatic heterocycles. The van der Waals surface area contributed by atoms with Crippen molar-refractivity contribution in [3.05, 3.63) is 46.0 Å². The molecule has 1 aromatic carbocycles. The van der Waals surface area contributed by atoms with Gasteiger partial charge in [-0.3, -0.25) is 14.5 Å². The number of hydrogen-bond donors (Lipinski definition) is 2. The van der Waals surface area contributed by atoms with Crippen LogP contribution in [0.25, 0.3) is 10.9 Å². The van der Waals surface area contributed by atoms with Gasteiger partial charge in [0.15, 0.2) is 0 Å². The molecular formula is C21H28FN3O2. The minimum atomic E-state index is -0.387. The minimum Gasteiger partial charge on any atom is -0.355 e. The molecule has 0 radical (unpaired) electrons. The number of likely N-dealkylation sites (tertiary alicyclic amines) is 1. The smallest absolute Gasteiger partial charge is 0.251 e. The number of nitrogens with one attached hydrogen (secondary N) is 2. The second-order valence-corrected chi connectivity index (χ2v) is 7.73. The van der Waals surface area contributed by atoms with Crippen LogP contribution >= 0.6 is 0 Å². The van der Waals surface area contributed by atoms with Crippen LogP contribution in [0.15, 0.2) is 29.1 Å². The van der Waals surface area contributed by atoms with Crippen LogP contribution in [0.5, 0.6) is 0 Å². The number of aromatic nitrogens is 1. The van der Waals surface area contributed by atoms with Crippen molar-refractivity contribution in [2.45, 2.75) is 45.6 Å². The molecule has 1 fully saturated rings. The Morgan fingerprint density at radius 1 is 1.33 bits per heavy atom. The third-order valence-electron chi connectivity index (χ3n) is 5.54. The lowest BCUT2D eigenvalue weighted by Crippen LogP contribution is -2.45. The first kappa shape index (κ1) is 19.5. The number of fused-ring (bicyclic) bond motifs is 1. The van der Waals surface area contributed by atoms with E-state index in [0.29, 0.717) is 30.1 Å². The fraction of sp³-hybridized carbons (Fsp3) is 0.524. The number of benzene rings is 1. The maximum Gasteiger partial charge on any atom is 0.251 e. The highest BCUT2D eigenvalue weighted by Crippen LogP contribution is 2.17. The van der Waals surface area contributed by atoms with Gasteiger partial charge in [-0.15, -0.1) is 0 Å². The van der Waals surface area contributed by atoms with E-state index in [-0.39, 0.29) is 23.7 Å². The number of carbonyl (C=O) groups is 1. The Kier molecular flexibility index (Phi) is 6.26. The zero-order valence-electron chi connectivity index (χ0n) is 16.1. The van der Waals surface area contributed by atoms with Crippen molar-refractivity contribution in [1.29, 1.82) is 0 Å². The first-order chi connectivity index (χ1) is 12.9. The van der Waals surface area contributed by atoms with Gasteiger partial charge in [0.25, 0.3) is 5.56 Å². The summed E-state index contributed by atoms with van der Waals surface area (Å²) in [6.45, 7) is 7.23. The summed E-state index contributed by atoms with van der Waals surface area (Å²) in [4.78, 5) is 29.4. The lowest BCUT2D eigenvalue weighted by atomic mass is 9.98. The average molecular weight is 373 g/mol. The Morgan fingerprint density at radius 3 is 2.81 bits per heavy atom. The van der Waals surface area contributed by atoms with Crippen molar-refractivity contribution < 1.29 is 9.18 Å². The maximum absolute atomic E-state index is 13.2. The summed E-state index contributed by atoms with van der Waals surface area (Å²) in [6, 6.07) is 6.35. The van der Waals surface area contributed by atoms with E-state index in [1.54, 1.807) is 12.1 Å². The predicted octanol–water partition coefficient (Wildman–Crippen LogP) is 2.84. The number of aryl methyl sites for hydroxylation is 1. The molecule has 1 aliphatic heterocycles. The van der Waals surface area contributed by atoms with Gasteiger partial charge in [0.05, 0.1) is 5.52 Å². The van der Waals surface area contributed by atoms with Crippen LogP contribution < -0.4 is 10.9 Å². The van der Waals surface area contributed by atoms with Gasteiger partial charge < -0.3 is 10.3 Å². The van der Waals surface area contributed by atoms with Gasteiger partial charge >= 0.3 is 0 Å². The van der Waals surface area contributed by atoms with Crippen molar-refractivity contribution >= 4 is 16.8 Å². The summed E-state index contributed by atoms with van der Waals surface area (Å²) in [5.41, 5.74) is 0.747. The molecule has 1 unspecified atom stereocenters. The highest BCUT2D eigenvalue weighted by atomic mass is 19.1. The van der Waals surface area contributed by atoms with E-state index in [2.05, 4.69) is 29.0 Å². The summed E-state index contributed by atoms with van der Waals surface area (Å²) in [5, 5.41) is 3.75. The molecule has 0 spiro atoms. The topological polar surface area (TPSA) is 65.2 Å². The molecule has 1 aliphatic rings. The Hall–Kier alpha value is -2.21. The van der Waals surface area contributed by atoms with Crippen molar-refractivity contribution in [3.8, 4) is 0 Å². The van der Waals surface area contributed by atoms with Crippen LogP contribution in [-0.2, 0) is 11.2 Å². The summed E-state index contributed by atoms with van der Waals surface area (Å²) >= 11 is 0. The quantitative estimate of drug-likeness (QED) is 0.818. The van der Waals surface area contributed by atoms with Crippen LogP contribution in [0.2, 0.25) is 0 Å². The number of amides is 1. The maximum atomic E-state index is 13.2. The van der Waals surface area contributed by atoms with Gasteiger partial charge in [-0.05, 0) is 74.8 Å². The largest absolute Gasteiger partial charge is 0.355 e. The SMILES string of the molecule is CC1CCN(C(C)CNC(=O)CCc2cc3ccc(F)cc3[nH]c2=O)CC1.